The highest BCUT2D eigenvalue weighted by atomic mass is 79.9. The molecule has 0 radical (unpaired) electrons. The molecule has 0 fully saturated rings. The number of rotatable bonds is 3. The Labute approximate surface area is 227 Å². The lowest BCUT2D eigenvalue weighted by Gasteiger charge is -2.35. The van der Waals surface area contributed by atoms with E-state index >= 15 is 0 Å². The van der Waals surface area contributed by atoms with Gasteiger partial charge in [-0.15, -0.1) is 0 Å². The number of hydrazone groups is 1. The number of nitrogens with zero attached hydrogens (tertiary/aromatic N) is 4. The fraction of sp³-hybridized carbons (Fsp3) is 0.129. The zero-order chi connectivity index (χ0) is 25.6. The normalized spacial score (nSPS) is 21.8. The SMILES string of the molecule is CN1/C(=C2/C=NN(c3ccccc3)P2(=Nc2ccccc2Br)c2ccccc2)C(C)(C)c2ccccc21. The van der Waals surface area contributed by atoms with Crippen molar-refractivity contribution in [3.05, 3.63) is 130 Å². The maximum atomic E-state index is 5.69. The lowest BCUT2D eigenvalue weighted by molar-refractivity contribution is 0.640. The lowest BCUT2D eigenvalue weighted by atomic mass is 9.84. The Morgan fingerprint density at radius 3 is 2.11 bits per heavy atom. The molecule has 2 aliphatic rings. The number of likely N-dealkylation sites (N-methyl/N-ethyl adjacent to an activating group) is 1. The van der Waals surface area contributed by atoms with Crippen LogP contribution >= 0.6 is 23.1 Å². The van der Waals surface area contributed by atoms with Gasteiger partial charge < -0.3 is 4.90 Å². The average molecular weight is 567 g/mol. The van der Waals surface area contributed by atoms with Crippen molar-refractivity contribution < 1.29 is 0 Å². The Morgan fingerprint density at radius 1 is 0.784 bits per heavy atom. The van der Waals surface area contributed by atoms with E-state index in [0.29, 0.717) is 0 Å². The van der Waals surface area contributed by atoms with Crippen molar-refractivity contribution in [3.8, 4) is 0 Å². The van der Waals surface area contributed by atoms with Gasteiger partial charge in [-0.25, -0.2) is 9.52 Å². The van der Waals surface area contributed by atoms with Crippen LogP contribution in [-0.4, -0.2) is 13.3 Å². The molecule has 6 rings (SSSR count). The van der Waals surface area contributed by atoms with Crippen LogP contribution in [0, 0.1) is 0 Å². The average Bonchev–Trinajstić information content (AvgIpc) is 3.39. The van der Waals surface area contributed by atoms with Gasteiger partial charge in [-0.05, 0) is 51.8 Å². The van der Waals surface area contributed by atoms with Crippen LogP contribution in [0.3, 0.4) is 0 Å². The van der Waals surface area contributed by atoms with Gasteiger partial charge in [0.15, 0.2) is 0 Å². The molecule has 37 heavy (non-hydrogen) atoms. The molecule has 184 valence electrons. The molecule has 0 amide bonds. The molecule has 6 heteroatoms. The van der Waals surface area contributed by atoms with Crippen molar-refractivity contribution >= 4 is 51.7 Å². The molecule has 4 aromatic rings. The van der Waals surface area contributed by atoms with Crippen LogP contribution < -0.4 is 15.0 Å². The van der Waals surface area contributed by atoms with E-state index in [-0.39, 0.29) is 5.41 Å². The Hall–Kier alpha value is -3.40. The third-order valence-electron chi connectivity index (χ3n) is 7.22. The largest absolute Gasteiger partial charge is 0.346 e. The second-order valence-electron chi connectivity index (χ2n) is 9.79. The highest BCUT2D eigenvalue weighted by molar-refractivity contribution is 9.10. The third kappa shape index (κ3) is 3.72. The molecule has 1 atom stereocenters. The topological polar surface area (TPSA) is 31.2 Å². The van der Waals surface area contributed by atoms with Crippen LogP contribution in [0.4, 0.5) is 17.1 Å². The number of benzene rings is 4. The summed E-state index contributed by atoms with van der Waals surface area (Å²) in [6, 6.07) is 38.0. The second kappa shape index (κ2) is 9.16. The molecule has 0 saturated carbocycles. The van der Waals surface area contributed by atoms with Crippen LogP contribution in [0.1, 0.15) is 19.4 Å². The molecule has 0 saturated heterocycles. The van der Waals surface area contributed by atoms with Gasteiger partial charge in [-0.1, -0.05) is 92.7 Å². The monoisotopic (exact) mass is 566 g/mol. The summed E-state index contributed by atoms with van der Waals surface area (Å²) < 4.78 is 8.83. The van der Waals surface area contributed by atoms with Crippen molar-refractivity contribution in [1.82, 2.24) is 0 Å². The standard InChI is InChI=1S/C31H28BrN4P/c1-31(2)25-18-10-13-21-28(25)35(3)30(31)29-22-33-36(23-14-6-4-7-15-23)37(29,24-16-8-5-9-17-24)34-27-20-12-11-19-26(27)32/h4-22H,1-3H3/b30-29-. The van der Waals surface area contributed by atoms with Crippen molar-refractivity contribution in [1.29, 1.82) is 0 Å². The lowest BCUT2D eigenvalue weighted by Crippen LogP contribution is -2.27. The van der Waals surface area contributed by atoms with Crippen LogP contribution in [0.25, 0.3) is 0 Å². The maximum absolute atomic E-state index is 5.69. The first-order valence-corrected chi connectivity index (χ1v) is 14.8. The summed E-state index contributed by atoms with van der Waals surface area (Å²) in [7, 11) is -0.467. The Kier molecular flexibility index (Phi) is 5.94. The first-order chi connectivity index (χ1) is 17.9. The van der Waals surface area contributed by atoms with E-state index in [4.69, 9.17) is 9.85 Å². The molecule has 0 spiro atoms. The van der Waals surface area contributed by atoms with E-state index in [0.717, 1.165) is 21.2 Å². The van der Waals surface area contributed by atoms with Gasteiger partial charge >= 0.3 is 0 Å². The summed E-state index contributed by atoms with van der Waals surface area (Å²) in [6.45, 7) is 4.63. The number of anilines is 2. The Bertz CT molecular complexity index is 1590. The highest BCUT2D eigenvalue weighted by Crippen LogP contribution is 2.68. The van der Waals surface area contributed by atoms with E-state index in [2.05, 4.69) is 144 Å². The van der Waals surface area contributed by atoms with Gasteiger partial charge in [0.1, 0.15) is 7.21 Å². The minimum Gasteiger partial charge on any atom is -0.346 e. The zero-order valence-electron chi connectivity index (χ0n) is 21.1. The summed E-state index contributed by atoms with van der Waals surface area (Å²) in [4.78, 5) is 2.35. The fourth-order valence-electron chi connectivity index (χ4n) is 5.55. The predicted molar refractivity (Wildman–Crippen MR) is 162 cm³/mol. The van der Waals surface area contributed by atoms with E-state index in [9.17, 15) is 0 Å². The van der Waals surface area contributed by atoms with Gasteiger partial charge in [0.25, 0.3) is 0 Å². The van der Waals surface area contributed by atoms with Crippen molar-refractivity contribution in [2.24, 2.45) is 9.85 Å². The molecule has 4 aromatic carbocycles. The van der Waals surface area contributed by atoms with E-state index in [1.165, 1.54) is 22.3 Å². The van der Waals surface area contributed by atoms with Gasteiger partial charge in [0.05, 0.1) is 22.9 Å². The van der Waals surface area contributed by atoms with Gasteiger partial charge in [-0.3, -0.25) is 0 Å². The number of hydrogen-bond donors (Lipinski definition) is 0. The maximum Gasteiger partial charge on any atom is 0.141 e. The summed E-state index contributed by atoms with van der Waals surface area (Å²) in [5, 5.41) is 7.45. The molecule has 0 aliphatic carbocycles. The molecular formula is C31H28BrN4P. The third-order valence-corrected chi connectivity index (χ3v) is 11.3. The quantitative estimate of drug-likeness (QED) is 0.232. The smallest absolute Gasteiger partial charge is 0.141 e. The van der Waals surface area contributed by atoms with Crippen LogP contribution in [0.15, 0.2) is 135 Å². The fourth-order valence-corrected chi connectivity index (χ4v) is 9.75. The number of fused-ring (bicyclic) bond motifs is 1. The molecular weight excluding hydrogens is 539 g/mol. The van der Waals surface area contributed by atoms with E-state index in [1.807, 2.05) is 18.2 Å². The van der Waals surface area contributed by atoms with E-state index < -0.39 is 7.21 Å². The molecule has 0 aromatic heterocycles. The first kappa shape index (κ1) is 24.0. The number of allylic oxidation sites excluding steroid dienone is 2. The predicted octanol–water partition coefficient (Wildman–Crippen LogP) is 8.67. The van der Waals surface area contributed by atoms with Crippen molar-refractivity contribution in [3.63, 3.8) is 0 Å². The highest BCUT2D eigenvalue weighted by Gasteiger charge is 2.47. The van der Waals surface area contributed by atoms with Gasteiger partial charge in [-0.2, -0.15) is 5.10 Å². The van der Waals surface area contributed by atoms with Gasteiger partial charge in [0, 0.05) is 33.6 Å². The summed E-state index contributed by atoms with van der Waals surface area (Å²) >= 11 is 3.78. The van der Waals surface area contributed by atoms with E-state index in [1.54, 1.807) is 0 Å². The van der Waals surface area contributed by atoms with Crippen LogP contribution in [0.5, 0.6) is 0 Å². The van der Waals surface area contributed by atoms with Crippen LogP contribution in [0.2, 0.25) is 0 Å². The zero-order valence-corrected chi connectivity index (χ0v) is 23.6. The number of halogens is 1. The minimum absolute atomic E-state index is 0.219. The molecule has 0 bridgehead atoms. The van der Waals surface area contributed by atoms with Gasteiger partial charge in [0.2, 0.25) is 0 Å². The Morgan fingerprint density at radius 2 is 1.41 bits per heavy atom. The second-order valence-corrected chi connectivity index (χ2v) is 13.4. The van der Waals surface area contributed by atoms with Crippen LogP contribution in [-0.2, 0) is 5.41 Å². The Balaban J connectivity index is 1.76. The molecule has 2 heterocycles. The van der Waals surface area contributed by atoms with Crippen molar-refractivity contribution in [2.45, 2.75) is 19.3 Å². The number of para-hydroxylation sites is 2. The summed E-state index contributed by atoms with van der Waals surface area (Å²) in [5.74, 6) is 0. The summed E-state index contributed by atoms with van der Waals surface area (Å²) in [5.41, 5.74) is 5.51. The summed E-state index contributed by atoms with van der Waals surface area (Å²) in [6.07, 6.45) is 2.06. The van der Waals surface area contributed by atoms with Crippen molar-refractivity contribution in [2.75, 3.05) is 16.7 Å². The molecule has 0 N–H and O–H groups in total. The first-order valence-electron chi connectivity index (χ1n) is 12.4. The molecule has 2 aliphatic heterocycles. The molecule has 1 unspecified atom stereocenters. The minimum atomic E-state index is -2.64. The molecule has 4 nitrogen and oxygen atoms in total. The number of hydrogen-bond acceptors (Lipinski definition) is 3.